The van der Waals surface area contributed by atoms with Gasteiger partial charge in [0.15, 0.2) is 0 Å². The fraction of sp³-hybridized carbons (Fsp3) is 0.136. The molecule has 2 N–H and O–H groups in total. The fourth-order valence-electron chi connectivity index (χ4n) is 2.67. The van der Waals surface area contributed by atoms with Crippen molar-refractivity contribution in [3.63, 3.8) is 0 Å². The number of methoxy groups -OCH3 is 2. The van der Waals surface area contributed by atoms with Crippen LogP contribution in [-0.4, -0.2) is 36.8 Å². The Morgan fingerprint density at radius 1 is 0.968 bits per heavy atom. The highest BCUT2D eigenvalue weighted by Crippen LogP contribution is 2.37. The van der Waals surface area contributed by atoms with E-state index in [0.717, 1.165) is 0 Å². The minimum Gasteiger partial charge on any atom is -0.494 e. The monoisotopic (exact) mass is 457 g/mol. The first-order valence-corrected chi connectivity index (χ1v) is 10.5. The lowest BCUT2D eigenvalue weighted by atomic mass is 10.2. The molecule has 0 saturated heterocycles. The summed E-state index contributed by atoms with van der Waals surface area (Å²) in [5.74, 6) is 0.294. The van der Waals surface area contributed by atoms with Gasteiger partial charge in [0.1, 0.15) is 16.5 Å². The van der Waals surface area contributed by atoms with Gasteiger partial charge in [-0.15, -0.1) is 0 Å². The maximum Gasteiger partial charge on any atom is 0.255 e. The number of ether oxygens (including phenoxy) is 2. The third kappa shape index (κ3) is 5.90. The van der Waals surface area contributed by atoms with Crippen LogP contribution in [0, 0.1) is 0 Å². The summed E-state index contributed by atoms with van der Waals surface area (Å²) in [7, 11) is 2.95. The van der Waals surface area contributed by atoms with Crippen LogP contribution >= 0.6 is 23.4 Å². The number of carbonyl (C=O) groups is 2. The summed E-state index contributed by atoms with van der Waals surface area (Å²) in [5, 5.41) is 6.65. The van der Waals surface area contributed by atoms with Crippen molar-refractivity contribution in [2.75, 3.05) is 30.6 Å². The number of halogens is 1. The Labute approximate surface area is 189 Å². The molecule has 0 atom stereocenters. The minimum absolute atomic E-state index is 0.106. The largest absolute Gasteiger partial charge is 0.494 e. The van der Waals surface area contributed by atoms with Crippen molar-refractivity contribution in [1.82, 2.24) is 4.98 Å². The van der Waals surface area contributed by atoms with Gasteiger partial charge in [-0.2, -0.15) is 0 Å². The van der Waals surface area contributed by atoms with Gasteiger partial charge in [0.2, 0.25) is 5.91 Å². The summed E-state index contributed by atoms with van der Waals surface area (Å²) in [6, 6.07) is 15.4. The van der Waals surface area contributed by atoms with Crippen LogP contribution in [0.15, 0.2) is 65.8 Å². The van der Waals surface area contributed by atoms with Crippen molar-refractivity contribution in [3.05, 3.63) is 71.4 Å². The summed E-state index contributed by atoms with van der Waals surface area (Å²) in [5.41, 5.74) is 1.33. The third-order valence-corrected chi connectivity index (χ3v) is 5.57. The minimum atomic E-state index is -0.290. The van der Waals surface area contributed by atoms with Crippen LogP contribution in [-0.2, 0) is 4.79 Å². The molecular formula is C22H20ClN3O4S. The van der Waals surface area contributed by atoms with Crippen LogP contribution < -0.4 is 20.1 Å². The molecule has 0 aliphatic carbocycles. The summed E-state index contributed by atoms with van der Waals surface area (Å²) in [6.45, 7) is 0. The Bertz CT molecular complexity index is 1080. The highest BCUT2D eigenvalue weighted by molar-refractivity contribution is 8.00. The van der Waals surface area contributed by atoms with E-state index in [1.165, 1.54) is 26.0 Å². The smallest absolute Gasteiger partial charge is 0.255 e. The molecule has 31 heavy (non-hydrogen) atoms. The molecular weight excluding hydrogens is 438 g/mol. The van der Waals surface area contributed by atoms with Crippen LogP contribution in [0.2, 0.25) is 5.02 Å². The van der Waals surface area contributed by atoms with Crippen molar-refractivity contribution in [2.24, 2.45) is 0 Å². The lowest BCUT2D eigenvalue weighted by Crippen LogP contribution is -2.16. The molecule has 2 amide bonds. The molecule has 160 valence electrons. The zero-order valence-corrected chi connectivity index (χ0v) is 18.4. The lowest BCUT2D eigenvalue weighted by Gasteiger charge is -2.16. The molecule has 9 heteroatoms. The first-order chi connectivity index (χ1) is 15.0. The predicted molar refractivity (Wildman–Crippen MR) is 123 cm³/mol. The quantitative estimate of drug-likeness (QED) is 0.475. The summed E-state index contributed by atoms with van der Waals surface area (Å²) in [6.07, 6.45) is 1.61. The standard InChI is InChI=1S/C22H20ClN3O4S/c1-29-18-12-17(26-21(28)14-7-4-3-5-8-14)19(30-2)11-16(18)25-20(27)13-31-22-15(23)9-6-10-24-22/h3-12H,13H2,1-2H3,(H,25,27)(H,26,28). The highest BCUT2D eigenvalue weighted by atomic mass is 35.5. The average molecular weight is 458 g/mol. The van der Waals surface area contributed by atoms with Crippen LogP contribution in [0.25, 0.3) is 0 Å². The Morgan fingerprint density at radius 3 is 2.23 bits per heavy atom. The molecule has 0 saturated carbocycles. The van der Waals surface area contributed by atoms with Crippen LogP contribution in [0.3, 0.4) is 0 Å². The second kappa shape index (κ2) is 10.7. The van der Waals surface area contributed by atoms with Crippen LogP contribution in [0.5, 0.6) is 11.5 Å². The predicted octanol–water partition coefficient (Wildman–Crippen LogP) is 4.74. The van der Waals surface area contributed by atoms with Crippen molar-refractivity contribution >= 4 is 46.6 Å². The van der Waals surface area contributed by atoms with Crippen molar-refractivity contribution in [3.8, 4) is 11.5 Å². The number of nitrogens with zero attached hydrogens (tertiary/aromatic N) is 1. The fourth-order valence-corrected chi connectivity index (χ4v) is 3.64. The van der Waals surface area contributed by atoms with E-state index < -0.39 is 0 Å². The van der Waals surface area contributed by atoms with Gasteiger partial charge < -0.3 is 20.1 Å². The molecule has 7 nitrogen and oxygen atoms in total. The Kier molecular flexibility index (Phi) is 7.75. The van der Waals surface area contributed by atoms with Gasteiger partial charge in [-0.1, -0.05) is 41.6 Å². The lowest BCUT2D eigenvalue weighted by molar-refractivity contribution is -0.113. The third-order valence-electron chi connectivity index (χ3n) is 4.14. The Balaban J connectivity index is 1.74. The summed E-state index contributed by atoms with van der Waals surface area (Å²) >= 11 is 7.30. The van der Waals surface area contributed by atoms with E-state index >= 15 is 0 Å². The number of hydrogen-bond acceptors (Lipinski definition) is 6. The molecule has 0 radical (unpaired) electrons. The van der Waals surface area contributed by atoms with Gasteiger partial charge in [0.05, 0.1) is 36.4 Å². The number of amides is 2. The van der Waals surface area contributed by atoms with Crippen molar-refractivity contribution in [2.45, 2.75) is 5.03 Å². The second-order valence-corrected chi connectivity index (χ2v) is 7.57. The molecule has 0 spiro atoms. The number of thioether (sulfide) groups is 1. The number of nitrogens with one attached hydrogen (secondary N) is 2. The van der Waals surface area contributed by atoms with Crippen LogP contribution in [0.4, 0.5) is 11.4 Å². The van der Waals surface area contributed by atoms with Gasteiger partial charge in [-0.3, -0.25) is 9.59 Å². The zero-order chi connectivity index (χ0) is 22.2. The van der Waals surface area contributed by atoms with E-state index in [1.807, 2.05) is 6.07 Å². The number of aromatic nitrogens is 1. The van der Waals surface area contributed by atoms with Gasteiger partial charge in [0, 0.05) is 23.9 Å². The Morgan fingerprint density at radius 2 is 1.61 bits per heavy atom. The first kappa shape index (κ1) is 22.5. The van der Waals surface area contributed by atoms with Gasteiger partial charge >= 0.3 is 0 Å². The Hall–Kier alpha value is -3.23. The number of hydrogen-bond donors (Lipinski definition) is 2. The van der Waals surface area contributed by atoms with Gasteiger partial charge in [0.25, 0.3) is 5.91 Å². The van der Waals surface area contributed by atoms with Crippen molar-refractivity contribution in [1.29, 1.82) is 0 Å². The molecule has 0 bridgehead atoms. The summed E-state index contributed by atoms with van der Waals surface area (Å²) < 4.78 is 10.8. The average Bonchev–Trinajstić information content (AvgIpc) is 2.79. The molecule has 1 aromatic heterocycles. The summed E-state index contributed by atoms with van der Waals surface area (Å²) in [4.78, 5) is 29.1. The highest BCUT2D eigenvalue weighted by Gasteiger charge is 2.16. The molecule has 0 unspecified atom stereocenters. The van der Waals surface area contributed by atoms with Crippen molar-refractivity contribution < 1.29 is 19.1 Å². The molecule has 0 aliphatic rings. The molecule has 3 rings (SSSR count). The maximum atomic E-state index is 12.5. The number of benzene rings is 2. The molecule has 2 aromatic carbocycles. The molecule has 1 heterocycles. The zero-order valence-electron chi connectivity index (χ0n) is 16.8. The number of rotatable bonds is 8. The van der Waals surface area contributed by atoms with Crippen LogP contribution in [0.1, 0.15) is 10.4 Å². The van der Waals surface area contributed by atoms with E-state index in [4.69, 9.17) is 21.1 Å². The van der Waals surface area contributed by atoms with E-state index in [0.29, 0.717) is 38.5 Å². The molecule has 0 fully saturated rings. The second-order valence-electron chi connectivity index (χ2n) is 6.20. The number of anilines is 2. The van der Waals surface area contributed by atoms with E-state index in [2.05, 4.69) is 15.6 Å². The first-order valence-electron chi connectivity index (χ1n) is 9.17. The SMILES string of the molecule is COc1cc(NC(=O)c2ccccc2)c(OC)cc1NC(=O)CSc1ncccc1Cl. The number of pyridine rings is 1. The van der Waals surface area contributed by atoms with Gasteiger partial charge in [-0.25, -0.2) is 4.98 Å². The maximum absolute atomic E-state index is 12.5. The van der Waals surface area contributed by atoms with Gasteiger partial charge in [-0.05, 0) is 24.3 Å². The van der Waals surface area contributed by atoms with E-state index in [1.54, 1.807) is 54.7 Å². The molecule has 0 aliphatic heterocycles. The van der Waals surface area contributed by atoms with E-state index in [9.17, 15) is 9.59 Å². The molecule has 3 aromatic rings. The van der Waals surface area contributed by atoms with E-state index in [-0.39, 0.29) is 17.6 Å². The number of carbonyl (C=O) groups excluding carboxylic acids is 2. The topological polar surface area (TPSA) is 89.5 Å². The normalized spacial score (nSPS) is 10.3.